The zero-order valence-corrected chi connectivity index (χ0v) is 9.02. The molecule has 0 fully saturated rings. The van der Waals surface area contributed by atoms with Gasteiger partial charge in [-0.05, 0) is 37.6 Å². The number of carboxylic acids is 1. The van der Waals surface area contributed by atoms with E-state index in [9.17, 15) is 9.59 Å². The van der Waals surface area contributed by atoms with Crippen molar-refractivity contribution >= 4 is 11.9 Å². The van der Waals surface area contributed by atoms with Crippen molar-refractivity contribution in [1.29, 1.82) is 0 Å². The maximum atomic E-state index is 11.6. The maximum absolute atomic E-state index is 11.6. The van der Waals surface area contributed by atoms with Gasteiger partial charge in [-0.1, -0.05) is 0 Å². The number of carboxylic acid groups (broad SMARTS) is 1. The molecular formula is C11H13NO4. The number of aryl methyl sites for hydroxylation is 1. The summed E-state index contributed by atoms with van der Waals surface area (Å²) in [5, 5.41) is 20.1. The highest BCUT2D eigenvalue weighted by Crippen LogP contribution is 2.15. The fourth-order valence-corrected chi connectivity index (χ4v) is 1.24. The van der Waals surface area contributed by atoms with Crippen molar-refractivity contribution < 1.29 is 19.8 Å². The highest BCUT2D eigenvalue weighted by molar-refractivity contribution is 5.97. The molecule has 5 heteroatoms. The van der Waals surface area contributed by atoms with E-state index in [0.717, 1.165) is 0 Å². The Bertz CT molecular complexity index is 428. The van der Waals surface area contributed by atoms with Crippen molar-refractivity contribution in [2.24, 2.45) is 0 Å². The number of aromatic hydroxyl groups is 1. The molecule has 1 rings (SSSR count). The van der Waals surface area contributed by atoms with Crippen LogP contribution in [0.15, 0.2) is 18.2 Å². The van der Waals surface area contributed by atoms with Gasteiger partial charge in [0.2, 0.25) is 0 Å². The molecule has 16 heavy (non-hydrogen) atoms. The Balaban J connectivity index is 2.85. The van der Waals surface area contributed by atoms with Crippen molar-refractivity contribution in [3.63, 3.8) is 0 Å². The molecule has 5 nitrogen and oxygen atoms in total. The van der Waals surface area contributed by atoms with Crippen LogP contribution in [0.3, 0.4) is 0 Å². The molecule has 0 radical (unpaired) electrons. The molecule has 0 aliphatic carbocycles. The molecule has 86 valence electrons. The number of amides is 1. The minimum absolute atomic E-state index is 0.0698. The van der Waals surface area contributed by atoms with Gasteiger partial charge in [0.15, 0.2) is 0 Å². The average Bonchev–Trinajstić information content (AvgIpc) is 2.16. The van der Waals surface area contributed by atoms with Crippen molar-refractivity contribution in [1.82, 2.24) is 5.32 Å². The molecule has 1 unspecified atom stereocenters. The zero-order chi connectivity index (χ0) is 12.3. The average molecular weight is 223 g/mol. The number of carbonyl (C=O) groups excluding carboxylic acids is 1. The Morgan fingerprint density at radius 1 is 1.38 bits per heavy atom. The second kappa shape index (κ2) is 4.65. The molecule has 1 atom stereocenters. The van der Waals surface area contributed by atoms with Crippen LogP contribution >= 0.6 is 0 Å². The summed E-state index contributed by atoms with van der Waals surface area (Å²) in [7, 11) is 0. The summed E-state index contributed by atoms with van der Waals surface area (Å²) >= 11 is 0. The molecule has 0 aromatic heterocycles. The van der Waals surface area contributed by atoms with Gasteiger partial charge in [-0.25, -0.2) is 0 Å². The smallest absolute Gasteiger partial charge is 0.325 e. The van der Waals surface area contributed by atoms with Gasteiger partial charge in [0.1, 0.15) is 11.8 Å². The molecule has 0 bridgehead atoms. The second-order valence-electron chi connectivity index (χ2n) is 3.53. The van der Waals surface area contributed by atoms with E-state index in [0.29, 0.717) is 11.1 Å². The van der Waals surface area contributed by atoms with E-state index in [1.165, 1.54) is 25.1 Å². The third kappa shape index (κ3) is 2.73. The Hall–Kier alpha value is -2.04. The summed E-state index contributed by atoms with van der Waals surface area (Å²) in [5.41, 5.74) is 0.945. The number of benzene rings is 1. The fourth-order valence-electron chi connectivity index (χ4n) is 1.24. The normalized spacial score (nSPS) is 11.9. The third-order valence-electron chi connectivity index (χ3n) is 2.17. The third-order valence-corrected chi connectivity index (χ3v) is 2.17. The lowest BCUT2D eigenvalue weighted by Gasteiger charge is -2.10. The molecule has 0 aliphatic heterocycles. The number of phenols is 1. The van der Waals surface area contributed by atoms with Gasteiger partial charge in [-0.3, -0.25) is 9.59 Å². The van der Waals surface area contributed by atoms with Gasteiger partial charge in [-0.2, -0.15) is 0 Å². The van der Waals surface area contributed by atoms with Crippen LogP contribution in [-0.4, -0.2) is 28.1 Å². The van der Waals surface area contributed by atoms with E-state index in [1.807, 2.05) is 0 Å². The number of hydrogen-bond donors (Lipinski definition) is 3. The van der Waals surface area contributed by atoms with Crippen LogP contribution in [0.4, 0.5) is 0 Å². The first-order valence-electron chi connectivity index (χ1n) is 4.75. The lowest BCUT2D eigenvalue weighted by atomic mass is 10.1. The summed E-state index contributed by atoms with van der Waals surface area (Å²) < 4.78 is 0. The van der Waals surface area contributed by atoms with Crippen LogP contribution in [0.5, 0.6) is 5.75 Å². The Kier molecular flexibility index (Phi) is 3.50. The topological polar surface area (TPSA) is 86.6 Å². The first-order valence-corrected chi connectivity index (χ1v) is 4.75. The molecule has 0 spiro atoms. The van der Waals surface area contributed by atoms with E-state index in [-0.39, 0.29) is 5.75 Å². The van der Waals surface area contributed by atoms with Crippen molar-refractivity contribution in [2.45, 2.75) is 19.9 Å². The predicted molar refractivity (Wildman–Crippen MR) is 57.4 cm³/mol. The molecular weight excluding hydrogens is 210 g/mol. The summed E-state index contributed by atoms with van der Waals surface area (Å²) in [5.74, 6) is -1.49. The second-order valence-corrected chi connectivity index (χ2v) is 3.53. The monoisotopic (exact) mass is 223 g/mol. The van der Waals surface area contributed by atoms with Gasteiger partial charge in [0.05, 0.1) is 0 Å². The lowest BCUT2D eigenvalue weighted by molar-refractivity contribution is -0.138. The molecule has 0 aliphatic rings. The number of aliphatic carboxylic acids is 1. The first kappa shape index (κ1) is 12.0. The summed E-state index contributed by atoms with van der Waals surface area (Å²) in [4.78, 5) is 22.2. The molecule has 1 amide bonds. The zero-order valence-electron chi connectivity index (χ0n) is 9.02. The first-order chi connectivity index (χ1) is 7.41. The van der Waals surface area contributed by atoms with Gasteiger partial charge in [0, 0.05) is 5.56 Å². The Labute approximate surface area is 92.7 Å². The van der Waals surface area contributed by atoms with Crippen molar-refractivity contribution in [3.05, 3.63) is 29.3 Å². The molecule has 1 aromatic carbocycles. The molecule has 0 saturated heterocycles. The lowest BCUT2D eigenvalue weighted by Crippen LogP contribution is -2.38. The fraction of sp³-hybridized carbons (Fsp3) is 0.273. The van der Waals surface area contributed by atoms with Crippen molar-refractivity contribution in [2.75, 3.05) is 0 Å². The Morgan fingerprint density at radius 2 is 2.00 bits per heavy atom. The quantitative estimate of drug-likeness (QED) is 0.710. The minimum Gasteiger partial charge on any atom is -0.508 e. The van der Waals surface area contributed by atoms with E-state index in [1.54, 1.807) is 6.92 Å². The van der Waals surface area contributed by atoms with E-state index < -0.39 is 17.9 Å². The number of carbonyl (C=O) groups is 2. The van der Waals surface area contributed by atoms with Crippen LogP contribution in [0.2, 0.25) is 0 Å². The SMILES string of the molecule is Cc1cc(O)ccc1C(=O)NC(C)C(=O)O. The number of hydrogen-bond acceptors (Lipinski definition) is 3. The van der Waals surface area contributed by atoms with E-state index in [2.05, 4.69) is 5.32 Å². The highest BCUT2D eigenvalue weighted by atomic mass is 16.4. The van der Waals surface area contributed by atoms with Gasteiger partial charge >= 0.3 is 5.97 Å². The minimum atomic E-state index is -1.09. The van der Waals surface area contributed by atoms with E-state index in [4.69, 9.17) is 10.2 Å². The van der Waals surface area contributed by atoms with Crippen molar-refractivity contribution in [3.8, 4) is 5.75 Å². The Morgan fingerprint density at radius 3 is 2.50 bits per heavy atom. The summed E-state index contributed by atoms with van der Waals surface area (Å²) in [6, 6.07) is 3.34. The highest BCUT2D eigenvalue weighted by Gasteiger charge is 2.16. The molecule has 0 heterocycles. The van der Waals surface area contributed by atoms with Crippen LogP contribution in [0, 0.1) is 6.92 Å². The standard InChI is InChI=1S/C11H13NO4/c1-6-5-8(13)3-4-9(6)10(14)12-7(2)11(15)16/h3-5,7,13H,1-2H3,(H,12,14)(H,15,16). The van der Waals surface area contributed by atoms with Gasteiger partial charge in [0.25, 0.3) is 5.91 Å². The summed E-state index contributed by atoms with van der Waals surface area (Å²) in [6.07, 6.45) is 0. The van der Waals surface area contributed by atoms with Gasteiger partial charge in [-0.15, -0.1) is 0 Å². The van der Waals surface area contributed by atoms with Crippen LogP contribution < -0.4 is 5.32 Å². The maximum Gasteiger partial charge on any atom is 0.325 e. The van der Waals surface area contributed by atoms with Crippen LogP contribution in [-0.2, 0) is 4.79 Å². The van der Waals surface area contributed by atoms with Crippen LogP contribution in [0.1, 0.15) is 22.8 Å². The summed E-state index contributed by atoms with van der Waals surface area (Å²) in [6.45, 7) is 3.05. The number of phenolic OH excluding ortho intramolecular Hbond substituents is 1. The largest absolute Gasteiger partial charge is 0.508 e. The molecule has 1 aromatic rings. The number of rotatable bonds is 3. The molecule has 0 saturated carbocycles. The van der Waals surface area contributed by atoms with Gasteiger partial charge < -0.3 is 15.5 Å². The molecule has 3 N–H and O–H groups in total. The predicted octanol–water partition coefficient (Wildman–Crippen LogP) is 0.904. The number of nitrogens with one attached hydrogen (secondary N) is 1. The van der Waals surface area contributed by atoms with E-state index >= 15 is 0 Å². The van der Waals surface area contributed by atoms with Crippen LogP contribution in [0.25, 0.3) is 0 Å².